The third kappa shape index (κ3) is 2.18. The first-order chi connectivity index (χ1) is 5.00. The van der Waals surface area contributed by atoms with Crippen molar-refractivity contribution in [1.82, 2.24) is 0 Å². The van der Waals surface area contributed by atoms with Gasteiger partial charge in [0.05, 0.1) is 0 Å². The Morgan fingerprint density at radius 1 is 1.45 bits per heavy atom. The molecule has 0 aromatic heterocycles. The van der Waals surface area contributed by atoms with E-state index >= 15 is 0 Å². The van der Waals surface area contributed by atoms with Crippen molar-refractivity contribution in [2.75, 3.05) is 0 Å². The predicted molar refractivity (Wildman–Crippen MR) is 46.3 cm³/mol. The van der Waals surface area contributed by atoms with Gasteiger partial charge in [-0.1, -0.05) is 17.7 Å². The average Bonchev–Trinajstić information content (AvgIpc) is 1.86. The summed E-state index contributed by atoms with van der Waals surface area (Å²) in [4.78, 5) is 0. The molecule has 0 amide bonds. The molecule has 0 fully saturated rings. The molecule has 1 aliphatic carbocycles. The second kappa shape index (κ2) is 2.80. The van der Waals surface area contributed by atoms with Gasteiger partial charge in [0, 0.05) is 0 Å². The summed E-state index contributed by atoms with van der Waals surface area (Å²) in [5, 5.41) is 0. The summed E-state index contributed by atoms with van der Waals surface area (Å²) in [5.41, 5.74) is 0.990. The van der Waals surface area contributed by atoms with Gasteiger partial charge in [-0.05, 0) is 39.2 Å². The second-order valence-corrected chi connectivity index (χ2v) is 3.63. The molecule has 0 unspecified atom stereocenters. The molecule has 0 bridgehead atoms. The number of hydrogen-bond donors (Lipinski definition) is 0. The van der Waals surface area contributed by atoms with Crippen LogP contribution in [0, 0.1) is 0 Å². The van der Waals surface area contributed by atoms with E-state index in [1.165, 1.54) is 5.57 Å². The van der Waals surface area contributed by atoms with Crippen LogP contribution in [0.2, 0.25) is 0 Å². The van der Waals surface area contributed by atoms with Crippen molar-refractivity contribution in [2.24, 2.45) is 0 Å². The second-order valence-electron chi connectivity index (χ2n) is 3.63. The van der Waals surface area contributed by atoms with Crippen LogP contribution in [0.4, 0.5) is 4.39 Å². The maximum absolute atomic E-state index is 13.4. The van der Waals surface area contributed by atoms with Gasteiger partial charge in [-0.25, -0.2) is 4.39 Å². The summed E-state index contributed by atoms with van der Waals surface area (Å²) in [6.45, 7) is 5.26. The van der Waals surface area contributed by atoms with Crippen LogP contribution < -0.4 is 0 Å². The van der Waals surface area contributed by atoms with E-state index in [2.05, 4.69) is 6.08 Å². The van der Waals surface area contributed by atoms with Crippen molar-refractivity contribution in [3.05, 3.63) is 23.3 Å². The van der Waals surface area contributed by atoms with E-state index in [1.807, 2.05) is 13.0 Å². The smallest absolute Gasteiger partial charge is 0.126 e. The minimum Gasteiger partial charge on any atom is -0.240 e. The van der Waals surface area contributed by atoms with E-state index in [0.717, 1.165) is 18.4 Å². The predicted octanol–water partition coefficient (Wildman–Crippen LogP) is 3.40. The molecule has 0 heterocycles. The van der Waals surface area contributed by atoms with Crippen molar-refractivity contribution < 1.29 is 4.39 Å². The Balaban J connectivity index is 2.82. The number of allylic oxidation sites excluding steroid dienone is 4. The fourth-order valence-corrected chi connectivity index (χ4v) is 1.33. The third-order valence-corrected chi connectivity index (χ3v) is 2.05. The molecule has 0 atom stereocenters. The molecular formula is C10H15F. The zero-order chi connectivity index (χ0) is 8.48. The Labute approximate surface area is 67.8 Å². The molecule has 11 heavy (non-hydrogen) atoms. The maximum atomic E-state index is 13.4. The Kier molecular flexibility index (Phi) is 2.17. The standard InChI is InChI=1S/C10H15F/c1-8-5-4-6-9(7-8)10(2,3)11/h5,7H,4,6H2,1-3H3. The van der Waals surface area contributed by atoms with Gasteiger partial charge < -0.3 is 0 Å². The Bertz CT molecular complexity index is 203. The van der Waals surface area contributed by atoms with Crippen LogP contribution in [0.5, 0.6) is 0 Å². The molecule has 0 aromatic rings. The van der Waals surface area contributed by atoms with Gasteiger partial charge >= 0.3 is 0 Å². The number of alkyl halides is 1. The SMILES string of the molecule is CC1=CCCC(C(C)(C)F)=C1. The molecule has 62 valence electrons. The summed E-state index contributed by atoms with van der Waals surface area (Å²) < 4.78 is 13.4. The van der Waals surface area contributed by atoms with Crippen LogP contribution >= 0.6 is 0 Å². The highest BCUT2D eigenvalue weighted by atomic mass is 19.1. The van der Waals surface area contributed by atoms with Gasteiger partial charge in [0.25, 0.3) is 0 Å². The van der Waals surface area contributed by atoms with E-state index < -0.39 is 5.67 Å². The highest BCUT2D eigenvalue weighted by Crippen LogP contribution is 2.29. The zero-order valence-electron chi connectivity index (χ0n) is 7.45. The summed E-state index contributed by atoms with van der Waals surface area (Å²) in [6, 6.07) is 0. The fourth-order valence-electron chi connectivity index (χ4n) is 1.33. The normalized spacial score (nSPS) is 19.3. The lowest BCUT2D eigenvalue weighted by Gasteiger charge is -2.21. The highest BCUT2D eigenvalue weighted by Gasteiger charge is 2.22. The van der Waals surface area contributed by atoms with Crippen LogP contribution in [-0.4, -0.2) is 5.67 Å². The molecule has 0 saturated carbocycles. The third-order valence-electron chi connectivity index (χ3n) is 2.05. The first kappa shape index (κ1) is 8.51. The quantitative estimate of drug-likeness (QED) is 0.543. The van der Waals surface area contributed by atoms with Gasteiger partial charge in [-0.3, -0.25) is 0 Å². The number of hydrogen-bond acceptors (Lipinski definition) is 0. The first-order valence-electron chi connectivity index (χ1n) is 4.07. The van der Waals surface area contributed by atoms with E-state index in [-0.39, 0.29) is 0 Å². The Morgan fingerprint density at radius 2 is 2.09 bits per heavy atom. The van der Waals surface area contributed by atoms with E-state index in [1.54, 1.807) is 13.8 Å². The lowest BCUT2D eigenvalue weighted by molar-refractivity contribution is 0.261. The minimum absolute atomic E-state index is 0.876. The summed E-state index contributed by atoms with van der Waals surface area (Å²) in [7, 11) is 0. The van der Waals surface area contributed by atoms with Gasteiger partial charge in [0.15, 0.2) is 0 Å². The molecule has 0 radical (unpaired) electrons. The topological polar surface area (TPSA) is 0 Å². The van der Waals surface area contributed by atoms with E-state index in [0.29, 0.717) is 0 Å². The Hall–Kier alpha value is -0.590. The summed E-state index contributed by atoms with van der Waals surface area (Å²) in [5.74, 6) is 0. The highest BCUT2D eigenvalue weighted by molar-refractivity contribution is 5.30. The lowest BCUT2D eigenvalue weighted by Crippen LogP contribution is -2.16. The molecule has 0 nitrogen and oxygen atoms in total. The molecule has 1 aliphatic rings. The molecule has 0 spiro atoms. The van der Waals surface area contributed by atoms with Crippen molar-refractivity contribution in [3.63, 3.8) is 0 Å². The van der Waals surface area contributed by atoms with Crippen LogP contribution in [0.3, 0.4) is 0 Å². The molecule has 0 saturated heterocycles. The van der Waals surface area contributed by atoms with Crippen molar-refractivity contribution in [2.45, 2.75) is 39.3 Å². The first-order valence-corrected chi connectivity index (χ1v) is 4.07. The van der Waals surface area contributed by atoms with Gasteiger partial charge in [0.1, 0.15) is 5.67 Å². The zero-order valence-corrected chi connectivity index (χ0v) is 7.45. The number of halogens is 1. The van der Waals surface area contributed by atoms with E-state index in [4.69, 9.17) is 0 Å². The lowest BCUT2D eigenvalue weighted by atomic mass is 9.90. The molecule has 0 aromatic carbocycles. The maximum Gasteiger partial charge on any atom is 0.126 e. The molecule has 1 rings (SSSR count). The van der Waals surface area contributed by atoms with Crippen molar-refractivity contribution in [3.8, 4) is 0 Å². The van der Waals surface area contributed by atoms with Gasteiger partial charge in [-0.2, -0.15) is 0 Å². The monoisotopic (exact) mass is 154 g/mol. The largest absolute Gasteiger partial charge is 0.240 e. The minimum atomic E-state index is -1.13. The van der Waals surface area contributed by atoms with Gasteiger partial charge in [-0.15, -0.1) is 0 Å². The molecule has 1 heteroatoms. The molecule has 0 N–H and O–H groups in total. The van der Waals surface area contributed by atoms with Crippen molar-refractivity contribution >= 4 is 0 Å². The average molecular weight is 154 g/mol. The van der Waals surface area contributed by atoms with E-state index in [9.17, 15) is 4.39 Å². The molecular weight excluding hydrogens is 139 g/mol. The van der Waals surface area contributed by atoms with Crippen molar-refractivity contribution in [1.29, 1.82) is 0 Å². The summed E-state index contributed by atoms with van der Waals surface area (Å²) >= 11 is 0. The molecule has 0 aliphatic heterocycles. The van der Waals surface area contributed by atoms with Gasteiger partial charge in [0.2, 0.25) is 0 Å². The van der Waals surface area contributed by atoms with Crippen LogP contribution in [-0.2, 0) is 0 Å². The van der Waals surface area contributed by atoms with Crippen LogP contribution in [0.1, 0.15) is 33.6 Å². The fraction of sp³-hybridized carbons (Fsp3) is 0.600. The van der Waals surface area contributed by atoms with Crippen LogP contribution in [0.25, 0.3) is 0 Å². The van der Waals surface area contributed by atoms with Crippen LogP contribution in [0.15, 0.2) is 23.3 Å². The number of rotatable bonds is 1. The Morgan fingerprint density at radius 3 is 2.45 bits per heavy atom. The summed E-state index contributed by atoms with van der Waals surface area (Å²) in [6.07, 6.45) is 5.98.